The summed E-state index contributed by atoms with van der Waals surface area (Å²) in [5.74, 6) is 1.55. The molecule has 0 rings (SSSR count). The highest BCUT2D eigenvalue weighted by Gasteiger charge is 2.39. The van der Waals surface area contributed by atoms with Gasteiger partial charge < -0.3 is 11.5 Å². The van der Waals surface area contributed by atoms with Gasteiger partial charge in [0.25, 0.3) is 0 Å². The lowest BCUT2D eigenvalue weighted by Gasteiger charge is -2.44. The van der Waals surface area contributed by atoms with Crippen molar-refractivity contribution in [2.45, 2.75) is 67.0 Å². The third kappa shape index (κ3) is 5.31. The molecule has 0 bridgehead atoms. The third-order valence-corrected chi connectivity index (χ3v) is 3.16. The van der Waals surface area contributed by atoms with Crippen LogP contribution in [-0.2, 0) is 0 Å². The third-order valence-electron chi connectivity index (χ3n) is 3.16. The second kappa shape index (κ2) is 5.50. The predicted molar refractivity (Wildman–Crippen MR) is 73.0 cm³/mol. The molecule has 1 atom stereocenters. The van der Waals surface area contributed by atoms with E-state index in [1.165, 1.54) is 0 Å². The van der Waals surface area contributed by atoms with Gasteiger partial charge in [-0.2, -0.15) is 0 Å². The van der Waals surface area contributed by atoms with Gasteiger partial charge >= 0.3 is 0 Å². The molecule has 98 valence electrons. The first-order chi connectivity index (χ1) is 6.97. The molecule has 0 aromatic carbocycles. The van der Waals surface area contributed by atoms with E-state index in [0.717, 1.165) is 12.8 Å². The van der Waals surface area contributed by atoms with Crippen molar-refractivity contribution in [3.63, 3.8) is 0 Å². The Morgan fingerprint density at radius 2 is 1.31 bits per heavy atom. The van der Waals surface area contributed by atoms with Crippen LogP contribution in [0.1, 0.15) is 61.3 Å². The Hall–Kier alpha value is -0.0800. The first kappa shape index (κ1) is 15.9. The molecule has 0 radical (unpaired) electrons. The maximum Gasteiger partial charge on any atom is 0.0673 e. The summed E-state index contributed by atoms with van der Waals surface area (Å²) >= 11 is 0. The Labute approximate surface area is 102 Å². The molecule has 0 amide bonds. The minimum absolute atomic E-state index is 0.169. The van der Waals surface area contributed by atoms with Crippen molar-refractivity contribution in [3.8, 4) is 0 Å². The van der Waals surface area contributed by atoms with E-state index in [0.29, 0.717) is 17.8 Å². The van der Waals surface area contributed by atoms with Gasteiger partial charge in [-0.1, -0.05) is 48.5 Å². The van der Waals surface area contributed by atoms with Gasteiger partial charge in [-0.15, -0.1) is 0 Å². The van der Waals surface area contributed by atoms with Gasteiger partial charge in [0.05, 0.1) is 5.66 Å². The van der Waals surface area contributed by atoms with Gasteiger partial charge in [-0.25, -0.2) is 0 Å². The minimum atomic E-state index is -0.545. The van der Waals surface area contributed by atoms with Crippen molar-refractivity contribution in [2.75, 3.05) is 0 Å². The average molecular weight is 228 g/mol. The van der Waals surface area contributed by atoms with Gasteiger partial charge in [0.1, 0.15) is 0 Å². The van der Waals surface area contributed by atoms with Crippen LogP contribution < -0.4 is 11.5 Å². The molecule has 0 heterocycles. The molecule has 1 unspecified atom stereocenters. The molecule has 0 aliphatic carbocycles. The van der Waals surface area contributed by atoms with Gasteiger partial charge in [0.2, 0.25) is 0 Å². The van der Waals surface area contributed by atoms with E-state index < -0.39 is 5.66 Å². The highest BCUT2D eigenvalue weighted by Crippen LogP contribution is 2.38. The van der Waals surface area contributed by atoms with E-state index in [-0.39, 0.29) is 5.41 Å². The van der Waals surface area contributed by atoms with Crippen LogP contribution in [0.25, 0.3) is 0 Å². The Kier molecular flexibility index (Phi) is 5.48. The van der Waals surface area contributed by atoms with Crippen LogP contribution in [0, 0.1) is 23.2 Å². The number of hydrogen-bond donors (Lipinski definition) is 2. The Morgan fingerprint density at radius 3 is 1.56 bits per heavy atom. The van der Waals surface area contributed by atoms with Crippen molar-refractivity contribution in [1.29, 1.82) is 0 Å². The lowest BCUT2D eigenvalue weighted by Crippen LogP contribution is -2.60. The van der Waals surface area contributed by atoms with Gasteiger partial charge in [-0.3, -0.25) is 0 Å². The molecule has 0 spiro atoms. The van der Waals surface area contributed by atoms with E-state index >= 15 is 0 Å². The van der Waals surface area contributed by atoms with Gasteiger partial charge in [-0.05, 0) is 36.0 Å². The molecule has 0 aliphatic rings. The zero-order chi connectivity index (χ0) is 13.1. The number of hydrogen-bond acceptors (Lipinski definition) is 2. The Balaban J connectivity index is 4.87. The quantitative estimate of drug-likeness (QED) is 0.709. The summed E-state index contributed by atoms with van der Waals surface area (Å²) in [7, 11) is 0. The summed E-state index contributed by atoms with van der Waals surface area (Å²) in [4.78, 5) is 0. The molecule has 0 aromatic rings. The highest BCUT2D eigenvalue weighted by molar-refractivity contribution is 4.93. The maximum atomic E-state index is 6.37. The first-order valence-corrected chi connectivity index (χ1v) is 6.54. The lowest BCUT2D eigenvalue weighted by atomic mass is 9.68. The van der Waals surface area contributed by atoms with E-state index in [9.17, 15) is 0 Å². The summed E-state index contributed by atoms with van der Waals surface area (Å²) in [6, 6.07) is 0. The van der Waals surface area contributed by atoms with Crippen molar-refractivity contribution < 1.29 is 0 Å². The normalized spacial score (nSPS) is 15.9. The maximum absolute atomic E-state index is 6.37. The Morgan fingerprint density at radius 1 is 0.875 bits per heavy atom. The lowest BCUT2D eigenvalue weighted by molar-refractivity contribution is 0.0901. The van der Waals surface area contributed by atoms with Crippen molar-refractivity contribution in [3.05, 3.63) is 0 Å². The SMILES string of the molecule is CC(C)CC(C(C)(C)C)C(N)(N)CC(C)C. The molecular weight excluding hydrogens is 196 g/mol. The zero-order valence-electron chi connectivity index (χ0n) is 12.3. The van der Waals surface area contributed by atoms with E-state index in [2.05, 4.69) is 48.5 Å². The number of nitrogens with two attached hydrogens (primary N) is 2. The summed E-state index contributed by atoms with van der Waals surface area (Å²) in [6.45, 7) is 15.6. The van der Waals surface area contributed by atoms with E-state index in [1.807, 2.05) is 0 Å². The summed E-state index contributed by atoms with van der Waals surface area (Å²) in [5.41, 5.74) is 12.4. The molecule has 16 heavy (non-hydrogen) atoms. The summed E-state index contributed by atoms with van der Waals surface area (Å²) in [5, 5.41) is 0. The fraction of sp³-hybridized carbons (Fsp3) is 1.00. The number of rotatable bonds is 5. The topological polar surface area (TPSA) is 52.0 Å². The molecular formula is C14H32N2. The molecule has 0 fully saturated rings. The van der Waals surface area contributed by atoms with Crippen LogP contribution in [0.15, 0.2) is 0 Å². The smallest absolute Gasteiger partial charge is 0.0673 e. The van der Waals surface area contributed by atoms with Crippen LogP contribution in [0.3, 0.4) is 0 Å². The van der Waals surface area contributed by atoms with Crippen LogP contribution in [-0.4, -0.2) is 5.66 Å². The van der Waals surface area contributed by atoms with Crippen molar-refractivity contribution in [2.24, 2.45) is 34.6 Å². The van der Waals surface area contributed by atoms with E-state index in [4.69, 9.17) is 11.5 Å². The Bertz CT molecular complexity index is 199. The molecule has 0 aliphatic heterocycles. The van der Waals surface area contributed by atoms with Crippen LogP contribution in [0.5, 0.6) is 0 Å². The second-order valence-corrected chi connectivity index (χ2v) is 7.26. The molecule has 2 heteroatoms. The van der Waals surface area contributed by atoms with Crippen LogP contribution in [0.2, 0.25) is 0 Å². The largest absolute Gasteiger partial charge is 0.313 e. The summed E-state index contributed by atoms with van der Waals surface area (Å²) in [6.07, 6.45) is 1.99. The molecule has 0 saturated carbocycles. The molecule has 4 N–H and O–H groups in total. The average Bonchev–Trinajstić information content (AvgIpc) is 1.94. The first-order valence-electron chi connectivity index (χ1n) is 6.54. The fourth-order valence-corrected chi connectivity index (χ4v) is 2.70. The highest BCUT2D eigenvalue weighted by atomic mass is 15.0. The standard InChI is InChI=1S/C14H32N2/c1-10(2)8-12(13(5,6)7)14(15,16)9-11(3)4/h10-12H,8-9,15-16H2,1-7H3. The summed E-state index contributed by atoms with van der Waals surface area (Å²) < 4.78 is 0. The zero-order valence-corrected chi connectivity index (χ0v) is 12.3. The van der Waals surface area contributed by atoms with Crippen molar-refractivity contribution >= 4 is 0 Å². The predicted octanol–water partition coefficient (Wildman–Crippen LogP) is 3.35. The van der Waals surface area contributed by atoms with Crippen LogP contribution >= 0.6 is 0 Å². The monoisotopic (exact) mass is 228 g/mol. The van der Waals surface area contributed by atoms with Gasteiger partial charge in [0, 0.05) is 0 Å². The second-order valence-electron chi connectivity index (χ2n) is 7.26. The van der Waals surface area contributed by atoms with Crippen LogP contribution in [0.4, 0.5) is 0 Å². The minimum Gasteiger partial charge on any atom is -0.313 e. The molecule has 2 nitrogen and oxygen atoms in total. The molecule has 0 saturated heterocycles. The van der Waals surface area contributed by atoms with Gasteiger partial charge in [0.15, 0.2) is 0 Å². The fourth-order valence-electron chi connectivity index (χ4n) is 2.70. The van der Waals surface area contributed by atoms with Crippen molar-refractivity contribution in [1.82, 2.24) is 0 Å². The molecule has 0 aromatic heterocycles. The van der Waals surface area contributed by atoms with E-state index in [1.54, 1.807) is 0 Å².